The van der Waals surface area contributed by atoms with Crippen molar-refractivity contribution in [3.63, 3.8) is 0 Å². The topological polar surface area (TPSA) is 0 Å². The Hall–Kier alpha value is 0. The van der Waals surface area contributed by atoms with Crippen LogP contribution < -0.4 is 0 Å². The van der Waals surface area contributed by atoms with Crippen molar-refractivity contribution in [2.45, 2.75) is 84.5 Å². The van der Waals surface area contributed by atoms with E-state index in [0.717, 1.165) is 12.3 Å². The third-order valence-electron chi connectivity index (χ3n) is 3.52. The molecule has 0 saturated carbocycles. The van der Waals surface area contributed by atoms with Crippen LogP contribution in [0, 0.1) is 12.8 Å². The van der Waals surface area contributed by atoms with Gasteiger partial charge < -0.3 is 0 Å². The highest BCUT2D eigenvalue weighted by Gasteiger charge is 2.01. The molecule has 0 spiro atoms. The van der Waals surface area contributed by atoms with Crippen LogP contribution in [-0.4, -0.2) is 0 Å². The molecule has 0 aliphatic carbocycles. The monoisotopic (exact) mass is 211 g/mol. The van der Waals surface area contributed by atoms with Crippen LogP contribution in [0.1, 0.15) is 84.5 Å². The molecule has 0 aliphatic rings. The molecule has 0 fully saturated rings. The first-order valence-corrected chi connectivity index (χ1v) is 7.14. The van der Waals surface area contributed by atoms with Gasteiger partial charge in [0.25, 0.3) is 0 Å². The quantitative estimate of drug-likeness (QED) is 0.381. The second-order valence-electron chi connectivity index (χ2n) is 4.80. The highest BCUT2D eigenvalue weighted by atomic mass is 14.1. The highest BCUT2D eigenvalue weighted by molar-refractivity contribution is 4.55. The summed E-state index contributed by atoms with van der Waals surface area (Å²) in [5, 5.41) is 0. The molecular weight excluding hydrogens is 180 g/mol. The van der Waals surface area contributed by atoms with Crippen molar-refractivity contribution in [1.82, 2.24) is 0 Å². The molecule has 0 aliphatic heterocycles. The van der Waals surface area contributed by atoms with Crippen molar-refractivity contribution >= 4 is 0 Å². The van der Waals surface area contributed by atoms with E-state index in [1.807, 2.05) is 0 Å². The fraction of sp³-hybridized carbons (Fsp3) is 0.933. The lowest BCUT2D eigenvalue weighted by molar-refractivity contribution is 0.426. The van der Waals surface area contributed by atoms with Gasteiger partial charge in [-0.1, -0.05) is 91.4 Å². The fourth-order valence-corrected chi connectivity index (χ4v) is 2.19. The smallest absolute Gasteiger partial charge is 0.0420 e. The molecule has 0 unspecified atom stereocenters. The largest absolute Gasteiger partial charge is 0.0651 e. The summed E-state index contributed by atoms with van der Waals surface area (Å²) in [5.41, 5.74) is 0. The van der Waals surface area contributed by atoms with Crippen LogP contribution in [0.2, 0.25) is 0 Å². The second kappa shape index (κ2) is 12.1. The normalized spacial score (nSPS) is 11.2. The summed E-state index contributed by atoms with van der Waals surface area (Å²) in [6.07, 6.45) is 15.3. The van der Waals surface area contributed by atoms with Crippen LogP contribution in [-0.2, 0) is 0 Å². The van der Waals surface area contributed by atoms with Crippen molar-refractivity contribution in [3.05, 3.63) is 6.92 Å². The summed E-state index contributed by atoms with van der Waals surface area (Å²) in [4.78, 5) is 0. The highest BCUT2D eigenvalue weighted by Crippen LogP contribution is 2.17. The number of rotatable bonds is 11. The molecule has 15 heavy (non-hydrogen) atoms. The van der Waals surface area contributed by atoms with Crippen molar-refractivity contribution in [2.24, 2.45) is 5.92 Å². The lowest BCUT2D eigenvalue weighted by atomic mass is 9.95. The van der Waals surface area contributed by atoms with Crippen LogP contribution in [0.4, 0.5) is 0 Å². The Morgan fingerprint density at radius 3 is 1.67 bits per heavy atom. The first-order chi connectivity index (χ1) is 7.35. The van der Waals surface area contributed by atoms with E-state index in [-0.39, 0.29) is 0 Å². The average molecular weight is 211 g/mol. The van der Waals surface area contributed by atoms with E-state index in [2.05, 4.69) is 20.8 Å². The van der Waals surface area contributed by atoms with Crippen LogP contribution in [0.25, 0.3) is 0 Å². The molecule has 0 aromatic carbocycles. The van der Waals surface area contributed by atoms with Gasteiger partial charge in [0, 0.05) is 0 Å². The Morgan fingerprint density at radius 2 is 1.20 bits per heavy atom. The molecule has 0 bridgehead atoms. The Kier molecular flexibility index (Phi) is 12.1. The van der Waals surface area contributed by atoms with Gasteiger partial charge in [0.15, 0.2) is 0 Å². The van der Waals surface area contributed by atoms with Crippen molar-refractivity contribution in [2.75, 3.05) is 0 Å². The van der Waals surface area contributed by atoms with Crippen LogP contribution in [0.5, 0.6) is 0 Å². The van der Waals surface area contributed by atoms with Crippen LogP contribution in [0.3, 0.4) is 0 Å². The molecule has 1 radical (unpaired) electrons. The van der Waals surface area contributed by atoms with Crippen molar-refractivity contribution in [1.29, 1.82) is 0 Å². The van der Waals surface area contributed by atoms with E-state index in [9.17, 15) is 0 Å². The minimum atomic E-state index is 0.996. The summed E-state index contributed by atoms with van der Waals surface area (Å²) < 4.78 is 0. The molecule has 0 nitrogen and oxygen atoms in total. The molecular formula is C15H31. The van der Waals surface area contributed by atoms with Crippen molar-refractivity contribution < 1.29 is 0 Å². The summed E-state index contributed by atoms with van der Waals surface area (Å²) in [7, 11) is 0. The molecule has 0 saturated heterocycles. The van der Waals surface area contributed by atoms with Gasteiger partial charge in [-0.2, -0.15) is 0 Å². The lowest BCUT2D eigenvalue weighted by Crippen LogP contribution is -1.96. The summed E-state index contributed by atoms with van der Waals surface area (Å²) in [6.45, 7) is 8.52. The summed E-state index contributed by atoms with van der Waals surface area (Å²) in [6, 6.07) is 0. The lowest BCUT2D eigenvalue weighted by Gasteiger charge is -2.11. The number of unbranched alkanes of at least 4 members (excludes halogenated alkanes) is 7. The summed E-state index contributed by atoms with van der Waals surface area (Å²) in [5.74, 6) is 0.996. The maximum absolute atomic E-state index is 3.87. The Labute approximate surface area is 97.8 Å². The summed E-state index contributed by atoms with van der Waals surface area (Å²) >= 11 is 0. The molecule has 0 rings (SSSR count). The van der Waals surface area contributed by atoms with Gasteiger partial charge in [0.05, 0.1) is 0 Å². The number of hydrogen-bond acceptors (Lipinski definition) is 0. The molecule has 0 heteroatoms. The maximum Gasteiger partial charge on any atom is -0.0420 e. The SMILES string of the molecule is [CH2]CCCCCCCCCC(CC)CC. The molecule has 0 amide bonds. The zero-order chi connectivity index (χ0) is 11.4. The molecule has 0 aromatic heterocycles. The van der Waals surface area contributed by atoms with E-state index in [4.69, 9.17) is 0 Å². The average Bonchev–Trinajstić information content (AvgIpc) is 2.27. The van der Waals surface area contributed by atoms with Crippen LogP contribution in [0.15, 0.2) is 0 Å². The first-order valence-electron chi connectivity index (χ1n) is 7.14. The van der Waals surface area contributed by atoms with E-state index in [0.29, 0.717) is 0 Å². The van der Waals surface area contributed by atoms with Crippen LogP contribution >= 0.6 is 0 Å². The zero-order valence-corrected chi connectivity index (χ0v) is 11.1. The third kappa shape index (κ3) is 10.3. The minimum absolute atomic E-state index is 0.996. The predicted molar refractivity (Wildman–Crippen MR) is 71.0 cm³/mol. The van der Waals surface area contributed by atoms with Gasteiger partial charge in [-0.3, -0.25) is 0 Å². The van der Waals surface area contributed by atoms with Gasteiger partial charge in [-0.15, -0.1) is 0 Å². The van der Waals surface area contributed by atoms with Gasteiger partial charge in [0.2, 0.25) is 0 Å². The molecule has 0 N–H and O–H groups in total. The Bertz CT molecular complexity index is 103. The predicted octanol–water partition coefficient (Wildman–Crippen LogP) is 5.77. The van der Waals surface area contributed by atoms with E-state index < -0.39 is 0 Å². The standard InChI is InChI=1S/C15H31/c1-4-7-8-9-10-11-12-13-14-15(5-2)6-3/h15H,1,4-14H2,2-3H3. The van der Waals surface area contributed by atoms with Gasteiger partial charge in [-0.25, -0.2) is 0 Å². The zero-order valence-electron chi connectivity index (χ0n) is 11.1. The maximum atomic E-state index is 3.87. The number of hydrogen-bond donors (Lipinski definition) is 0. The first kappa shape index (κ1) is 15.0. The molecule has 91 valence electrons. The van der Waals surface area contributed by atoms with E-state index >= 15 is 0 Å². The van der Waals surface area contributed by atoms with E-state index in [1.54, 1.807) is 0 Å². The molecule has 0 heterocycles. The van der Waals surface area contributed by atoms with Gasteiger partial charge in [-0.05, 0) is 5.92 Å². The van der Waals surface area contributed by atoms with Gasteiger partial charge >= 0.3 is 0 Å². The van der Waals surface area contributed by atoms with Gasteiger partial charge in [0.1, 0.15) is 0 Å². The van der Waals surface area contributed by atoms with E-state index in [1.165, 1.54) is 64.2 Å². The second-order valence-corrected chi connectivity index (χ2v) is 4.80. The Balaban J connectivity index is 3.04. The Morgan fingerprint density at radius 1 is 0.733 bits per heavy atom. The third-order valence-corrected chi connectivity index (χ3v) is 3.52. The fourth-order valence-electron chi connectivity index (χ4n) is 2.19. The minimum Gasteiger partial charge on any atom is -0.0651 e. The molecule has 0 aromatic rings. The van der Waals surface area contributed by atoms with Crippen molar-refractivity contribution in [3.8, 4) is 0 Å². The molecule has 0 atom stereocenters.